The maximum atomic E-state index is 14.7. The Morgan fingerprint density at radius 1 is 0.227 bits per heavy atom. The molecule has 0 bridgehead atoms. The zero-order valence-corrected chi connectivity index (χ0v) is 78.9. The SMILES string of the molecule is C=C(C)C(=O)Oc1c(F)cc(-c2cc(F)c(OC(=O)C(=C)C)c(F)c2OC)cc1F.C=C(C)C(=O)Oc1ccc(-c2c(F)cc(OC(=O)C(=C)C)cc2OC)cc1.C=C(C)C(=O)Oc1ccc(-c2ccc(OC(=O)C(=C)C)c(F)c2)c(OC)c1.C=C(C)C(=O)Oc1ccc(-c2ccc(OC(=O)C(=C)C)c(OC)c2)c(F)c1.C=C(C)C(=O)Oc1ccc(-c2ccc(OCCOC(=O)C(C)=O)cc2F)c(OC)c1. The van der Waals surface area contributed by atoms with Crippen LogP contribution in [0.4, 0.5) is 35.1 Å². The average Bonchev–Trinajstić information content (AvgIpc) is 0.761. The highest BCUT2D eigenvalue weighted by atomic mass is 19.2. The third-order valence-electron chi connectivity index (χ3n) is 18.1. The molecule has 0 aliphatic heterocycles. The standard InChI is InChI=1S/C22H21FO7.C21H16F4O5.3C21H19FO5/c1-13(2)21(25)30-16-6-8-18(20(12-16)27-4)17-7-5-15(11-19(17)23)28-9-10-29-22(26)14(3)24;1-9(2)20(26)29-18-13(22)6-11(7-14(18)23)12-8-15(24)19(16(25)17(12)28-5)30-21(27)10(3)4;1-12(2)20(23)26-15-7-8-16(17(22)11-15)14-6-9-18(19(10-14)25-5)27-21(24)13(3)4;1-12(2)20(23)26-15-7-8-16(19(11-15)25-5)14-6-9-18(17(22)10-14)27-21(24)13(3)4;1-12(2)20(23)26-15-8-6-14(7-9-15)19-17(22)10-16(11-18(19)25-5)27-21(24)13(3)4/h5-8,11-12H,1,9-10H2,2-4H3;6-8H,1,3H2,2,4-5H3;3*6-11H,1,3H2,2,4-5H3. The van der Waals surface area contributed by atoms with E-state index in [0.717, 1.165) is 26.2 Å². The molecule has 0 saturated carbocycles. The Balaban J connectivity index is 0.000000270. The fourth-order valence-corrected chi connectivity index (χ4v) is 11.0. The molecule has 0 fully saturated rings. The maximum Gasteiger partial charge on any atom is 0.374 e. The first-order valence-corrected chi connectivity index (χ1v) is 41.0. The van der Waals surface area contributed by atoms with E-state index in [9.17, 15) is 87.9 Å². The Bertz CT molecular complexity index is 6640. The van der Waals surface area contributed by atoms with Gasteiger partial charge in [0.05, 0.1) is 41.1 Å². The molecule has 0 atom stereocenters. The predicted molar refractivity (Wildman–Crippen MR) is 503 cm³/mol. The number of ketones is 1. The number of halogens is 8. The molecule has 0 amide bonds. The molecule has 0 saturated heterocycles. The highest BCUT2D eigenvalue weighted by Crippen LogP contribution is 2.44. The van der Waals surface area contributed by atoms with E-state index >= 15 is 0 Å². The van der Waals surface area contributed by atoms with Crippen LogP contribution in [0.5, 0.6) is 86.2 Å². The number of hydrogen-bond donors (Lipinski definition) is 0. The summed E-state index contributed by atoms with van der Waals surface area (Å²) in [6.45, 7) is 45.2. The third-order valence-corrected chi connectivity index (χ3v) is 18.1. The third kappa shape index (κ3) is 32.1. The quantitative estimate of drug-likeness (QED) is 0.00920. The first-order chi connectivity index (χ1) is 66.4. The van der Waals surface area contributed by atoms with Gasteiger partial charge < -0.3 is 75.8 Å². The second-order valence-electron chi connectivity index (χ2n) is 29.9. The van der Waals surface area contributed by atoms with Crippen molar-refractivity contribution in [2.24, 2.45) is 0 Å². The molecule has 0 heterocycles. The number of carbonyl (C=O) groups excluding carboxylic acids is 11. The number of hydrogen-bond acceptors (Lipinski definition) is 27. The Morgan fingerprint density at radius 3 is 1.01 bits per heavy atom. The van der Waals surface area contributed by atoms with Crippen LogP contribution in [0.3, 0.4) is 0 Å². The van der Waals surface area contributed by atoms with E-state index in [1.54, 1.807) is 68.4 Å². The van der Waals surface area contributed by atoms with E-state index in [4.69, 9.17) is 61.6 Å². The van der Waals surface area contributed by atoms with Gasteiger partial charge in [0.25, 0.3) is 0 Å². The van der Waals surface area contributed by atoms with E-state index in [2.05, 4.69) is 73.4 Å². The Hall–Kier alpha value is -17.5. The molecule has 10 aromatic carbocycles. The highest BCUT2D eigenvalue weighted by Gasteiger charge is 2.29. The summed E-state index contributed by atoms with van der Waals surface area (Å²) in [7, 11) is 6.68. The largest absolute Gasteiger partial charge is 0.496 e. The lowest BCUT2D eigenvalue weighted by Crippen LogP contribution is -2.17. The van der Waals surface area contributed by atoms with Crippen LogP contribution in [0.25, 0.3) is 55.6 Å². The molecule has 0 aliphatic rings. The lowest BCUT2D eigenvalue weighted by Gasteiger charge is -2.15. The lowest BCUT2D eigenvalue weighted by molar-refractivity contribution is -0.153. The maximum absolute atomic E-state index is 14.7. The van der Waals surface area contributed by atoms with Crippen LogP contribution >= 0.6 is 0 Å². The number of methoxy groups -OCH3 is 5. The van der Waals surface area contributed by atoms with Gasteiger partial charge >= 0.3 is 59.7 Å². The molecule has 0 radical (unpaired) electrons. The zero-order valence-electron chi connectivity index (χ0n) is 78.9. The Labute approximate surface area is 804 Å². The van der Waals surface area contributed by atoms with Gasteiger partial charge in [-0.2, -0.15) is 4.39 Å². The summed E-state index contributed by atoms with van der Waals surface area (Å²) in [5, 5.41) is 0. The van der Waals surface area contributed by atoms with E-state index in [0.29, 0.717) is 63.3 Å². The summed E-state index contributed by atoms with van der Waals surface area (Å²) < 4.78 is 197. The minimum Gasteiger partial charge on any atom is -0.496 e. The average molecular weight is 1950 g/mol. The molecule has 27 nitrogen and oxygen atoms in total. The molecule has 736 valence electrons. The fraction of sp³-hybridized carbons (Fsp3) is 0.160. The van der Waals surface area contributed by atoms with E-state index in [-0.39, 0.29) is 143 Å². The summed E-state index contributed by atoms with van der Waals surface area (Å²) >= 11 is 0. The van der Waals surface area contributed by atoms with Crippen LogP contribution < -0.4 is 71.1 Å². The van der Waals surface area contributed by atoms with Crippen LogP contribution in [0.15, 0.2) is 273 Å². The monoisotopic (exact) mass is 1950 g/mol. The molecule has 0 aliphatic carbocycles. The Kier molecular flexibility index (Phi) is 41.4. The summed E-state index contributed by atoms with van der Waals surface area (Å²) in [5.74, 6) is -16.3. The molecule has 141 heavy (non-hydrogen) atoms. The van der Waals surface area contributed by atoms with Crippen LogP contribution in [-0.4, -0.2) is 114 Å². The van der Waals surface area contributed by atoms with Gasteiger partial charge in [0.2, 0.25) is 23.1 Å². The van der Waals surface area contributed by atoms with Crippen molar-refractivity contribution in [2.75, 3.05) is 48.8 Å². The van der Waals surface area contributed by atoms with Crippen molar-refractivity contribution in [2.45, 2.75) is 69.2 Å². The molecule has 0 spiro atoms. The Morgan fingerprint density at radius 2 is 0.567 bits per heavy atom. The van der Waals surface area contributed by atoms with Crippen molar-refractivity contribution in [1.82, 2.24) is 0 Å². The van der Waals surface area contributed by atoms with Crippen molar-refractivity contribution < 1.29 is 164 Å². The van der Waals surface area contributed by atoms with Crippen molar-refractivity contribution in [1.29, 1.82) is 0 Å². The molecule has 35 heteroatoms. The van der Waals surface area contributed by atoms with Gasteiger partial charge in [0.15, 0.2) is 46.3 Å². The molecule has 10 rings (SSSR count). The van der Waals surface area contributed by atoms with Gasteiger partial charge in [0.1, 0.15) is 82.4 Å². The first-order valence-electron chi connectivity index (χ1n) is 41.0. The number of carbonyl (C=O) groups is 11. The van der Waals surface area contributed by atoms with E-state index in [1.165, 1.54) is 156 Å². The minimum absolute atomic E-state index is 0.00751. The fourth-order valence-electron chi connectivity index (χ4n) is 11.0. The smallest absolute Gasteiger partial charge is 0.374 e. The number of ether oxygens (including phenoxy) is 16. The summed E-state index contributed by atoms with van der Waals surface area (Å²) in [6.07, 6.45) is 0. The summed E-state index contributed by atoms with van der Waals surface area (Å²) in [5.41, 5.74) is 3.90. The van der Waals surface area contributed by atoms with Crippen LogP contribution in [0.2, 0.25) is 0 Å². The van der Waals surface area contributed by atoms with Crippen molar-refractivity contribution in [3.8, 4) is 142 Å². The van der Waals surface area contributed by atoms with Gasteiger partial charge in [-0.15, -0.1) is 0 Å². The van der Waals surface area contributed by atoms with E-state index in [1.807, 2.05) is 0 Å². The van der Waals surface area contributed by atoms with Gasteiger partial charge in [-0.1, -0.05) is 83.5 Å². The second kappa shape index (κ2) is 52.0. The van der Waals surface area contributed by atoms with Gasteiger partial charge in [-0.3, -0.25) is 4.79 Å². The van der Waals surface area contributed by atoms with Crippen molar-refractivity contribution in [3.63, 3.8) is 0 Å². The number of rotatable bonds is 33. The topological polar surface area (TPSA) is 335 Å². The minimum atomic E-state index is -1.40. The van der Waals surface area contributed by atoms with Crippen molar-refractivity contribution >= 4 is 65.5 Å². The molecular formula is C106H94F8O27. The molecule has 10 aromatic rings. The molecule has 0 N–H and O–H groups in total. The molecular weight excluding hydrogens is 1860 g/mol. The molecule has 0 unspecified atom stereocenters. The molecule has 0 aromatic heterocycles. The predicted octanol–water partition coefficient (Wildman–Crippen LogP) is 21.8. The second-order valence-corrected chi connectivity index (χ2v) is 29.9. The van der Waals surface area contributed by atoms with Crippen LogP contribution in [-0.2, 0) is 57.5 Å². The first kappa shape index (κ1) is 112. The normalized spacial score (nSPS) is 10.1. The van der Waals surface area contributed by atoms with Crippen LogP contribution in [0.1, 0.15) is 69.2 Å². The van der Waals surface area contributed by atoms with Gasteiger partial charge in [-0.05, 0) is 188 Å². The van der Waals surface area contributed by atoms with Crippen molar-refractivity contribution in [3.05, 3.63) is 320 Å². The number of esters is 10. The lowest BCUT2D eigenvalue weighted by atomic mass is 10.0. The summed E-state index contributed by atoms with van der Waals surface area (Å²) in [4.78, 5) is 126. The number of benzene rings is 10. The zero-order chi connectivity index (χ0) is 105. The summed E-state index contributed by atoms with van der Waals surface area (Å²) in [6, 6.07) is 37.1. The van der Waals surface area contributed by atoms with E-state index < -0.39 is 129 Å². The van der Waals surface area contributed by atoms with Gasteiger partial charge in [-0.25, -0.2) is 78.7 Å². The van der Waals surface area contributed by atoms with Crippen LogP contribution in [0, 0.1) is 46.5 Å². The van der Waals surface area contributed by atoms with Gasteiger partial charge in [0, 0.05) is 121 Å². The number of Topliss-reactive ketones (excluding diaryl/α,β-unsaturated/α-hetero) is 1. The highest BCUT2D eigenvalue weighted by molar-refractivity contribution is 6.32.